The molecule has 6 nitrogen and oxygen atoms in total. The normalized spacial score (nSPS) is 15.9. The summed E-state index contributed by atoms with van der Waals surface area (Å²) in [7, 11) is 0. The predicted molar refractivity (Wildman–Crippen MR) is 70.3 cm³/mol. The number of hydrogen-bond acceptors (Lipinski definition) is 4. The van der Waals surface area contributed by atoms with Gasteiger partial charge in [0.15, 0.2) is 6.10 Å². The Labute approximate surface area is 117 Å². The molecule has 0 aliphatic heterocycles. The molecule has 102 valence electrons. The quantitative estimate of drug-likeness (QED) is 0.662. The van der Waals surface area contributed by atoms with Crippen LogP contribution in [0.2, 0.25) is 0 Å². The minimum absolute atomic E-state index is 0.0347. The van der Waals surface area contributed by atoms with Crippen LogP contribution in [0.5, 0.6) is 5.75 Å². The highest BCUT2D eigenvalue weighted by atomic mass is 79.9. The van der Waals surface area contributed by atoms with Gasteiger partial charge >= 0.3 is 11.7 Å². The second kappa shape index (κ2) is 5.16. The lowest BCUT2D eigenvalue weighted by atomic mass is 10.1. The summed E-state index contributed by atoms with van der Waals surface area (Å²) >= 11 is 3.18. The molecule has 0 heterocycles. The molecule has 0 bridgehead atoms. The van der Waals surface area contributed by atoms with E-state index < -0.39 is 17.0 Å². The number of nitro groups is 1. The van der Waals surface area contributed by atoms with Crippen LogP contribution in [0.1, 0.15) is 18.4 Å². The van der Waals surface area contributed by atoms with Crippen LogP contribution in [0, 0.1) is 23.0 Å². The van der Waals surface area contributed by atoms with Crippen LogP contribution in [0.15, 0.2) is 16.6 Å². The summed E-state index contributed by atoms with van der Waals surface area (Å²) in [5, 5.41) is 20.1. The van der Waals surface area contributed by atoms with Crippen LogP contribution >= 0.6 is 15.9 Å². The maximum absolute atomic E-state index is 11.1. The van der Waals surface area contributed by atoms with E-state index >= 15 is 0 Å². The zero-order chi connectivity index (χ0) is 14.2. The second-order valence-corrected chi connectivity index (χ2v) is 5.46. The zero-order valence-electron chi connectivity index (χ0n) is 10.1. The number of benzene rings is 1. The van der Waals surface area contributed by atoms with Gasteiger partial charge in [0, 0.05) is 16.5 Å². The maximum atomic E-state index is 11.1. The van der Waals surface area contributed by atoms with Gasteiger partial charge in [-0.05, 0) is 31.4 Å². The number of halogens is 1. The average molecular weight is 330 g/mol. The summed E-state index contributed by atoms with van der Waals surface area (Å²) < 4.78 is 5.97. The van der Waals surface area contributed by atoms with Crippen molar-refractivity contribution in [2.24, 2.45) is 5.92 Å². The number of nitrogens with zero attached hydrogens (tertiary/aromatic N) is 1. The van der Waals surface area contributed by atoms with E-state index in [1.807, 2.05) is 0 Å². The van der Waals surface area contributed by atoms with Crippen LogP contribution in [0.25, 0.3) is 0 Å². The van der Waals surface area contributed by atoms with Crippen molar-refractivity contribution in [3.05, 3.63) is 32.3 Å². The third-order valence-electron chi connectivity index (χ3n) is 2.95. The minimum Gasteiger partial charge on any atom is -0.478 e. The molecule has 1 aromatic carbocycles. The molecule has 1 aromatic rings. The minimum atomic E-state index is -1.08. The summed E-state index contributed by atoms with van der Waals surface area (Å²) in [5.74, 6) is -1.10. The Balaban J connectivity index is 2.37. The van der Waals surface area contributed by atoms with Crippen LogP contribution in [0.3, 0.4) is 0 Å². The lowest BCUT2D eigenvalue weighted by Crippen LogP contribution is -2.29. The molecule has 0 radical (unpaired) electrons. The lowest BCUT2D eigenvalue weighted by Gasteiger charge is -2.16. The number of carbonyl (C=O) groups is 1. The van der Waals surface area contributed by atoms with E-state index in [1.54, 1.807) is 13.0 Å². The van der Waals surface area contributed by atoms with Gasteiger partial charge < -0.3 is 9.84 Å². The van der Waals surface area contributed by atoms with Crippen LogP contribution in [-0.2, 0) is 4.79 Å². The van der Waals surface area contributed by atoms with Crippen molar-refractivity contribution in [3.63, 3.8) is 0 Å². The highest BCUT2D eigenvalue weighted by Gasteiger charge is 2.39. The summed E-state index contributed by atoms with van der Waals surface area (Å²) in [6.07, 6.45) is 0.541. The Morgan fingerprint density at radius 1 is 1.58 bits per heavy atom. The molecule has 7 heteroatoms. The molecule has 0 spiro atoms. The van der Waals surface area contributed by atoms with Gasteiger partial charge in [0.05, 0.1) is 4.92 Å². The molecule has 1 unspecified atom stereocenters. The van der Waals surface area contributed by atoms with Gasteiger partial charge in [-0.3, -0.25) is 10.1 Å². The Morgan fingerprint density at radius 2 is 2.21 bits per heavy atom. The van der Waals surface area contributed by atoms with E-state index in [-0.39, 0.29) is 17.4 Å². The monoisotopic (exact) mass is 329 g/mol. The summed E-state index contributed by atoms with van der Waals surface area (Å²) in [4.78, 5) is 21.6. The fourth-order valence-electron chi connectivity index (χ4n) is 1.88. The number of aryl methyl sites for hydroxylation is 1. The SMILES string of the molecule is Cc1cc(Br)cc([N+](=O)[O-])c1OC(C(=O)O)C1CC1. The number of carboxylic acids is 1. The van der Waals surface area contributed by atoms with Crippen LogP contribution in [0.4, 0.5) is 5.69 Å². The molecule has 2 rings (SSSR count). The molecule has 19 heavy (non-hydrogen) atoms. The third-order valence-corrected chi connectivity index (χ3v) is 3.41. The number of carboxylic acid groups (broad SMARTS) is 1. The lowest BCUT2D eigenvalue weighted by molar-refractivity contribution is -0.386. The molecule has 1 aliphatic rings. The topological polar surface area (TPSA) is 89.7 Å². The van der Waals surface area contributed by atoms with Crippen LogP contribution < -0.4 is 4.74 Å². The van der Waals surface area contributed by atoms with E-state index in [4.69, 9.17) is 9.84 Å². The molecular formula is C12H12BrNO5. The predicted octanol–water partition coefficient (Wildman–Crippen LogP) is 2.91. The standard InChI is InChI=1S/C12H12BrNO5/c1-6-4-8(13)5-9(14(17)18)10(6)19-11(12(15)16)7-2-3-7/h4-5,7,11H,2-3H2,1H3,(H,15,16). The van der Waals surface area contributed by atoms with Crippen molar-refractivity contribution in [1.82, 2.24) is 0 Å². The summed E-state index contributed by atoms with van der Waals surface area (Å²) in [5.41, 5.74) is 0.312. The largest absolute Gasteiger partial charge is 0.478 e. The fraction of sp³-hybridized carbons (Fsp3) is 0.417. The molecule has 0 amide bonds. The Kier molecular flexibility index (Phi) is 3.75. The van der Waals surface area contributed by atoms with E-state index in [2.05, 4.69) is 15.9 Å². The smallest absolute Gasteiger partial charge is 0.345 e. The molecule has 1 fully saturated rings. The van der Waals surface area contributed by atoms with Crippen molar-refractivity contribution in [1.29, 1.82) is 0 Å². The first-order chi connectivity index (χ1) is 8.90. The first-order valence-corrected chi connectivity index (χ1v) is 6.53. The summed E-state index contributed by atoms with van der Waals surface area (Å²) in [6, 6.07) is 2.97. The molecule has 0 aromatic heterocycles. The van der Waals surface area contributed by atoms with Gasteiger partial charge in [-0.25, -0.2) is 4.79 Å². The number of hydrogen-bond donors (Lipinski definition) is 1. The Bertz CT molecular complexity index is 541. The molecule has 1 N–H and O–H groups in total. The van der Waals surface area contributed by atoms with E-state index in [9.17, 15) is 14.9 Å². The fourth-order valence-corrected chi connectivity index (χ4v) is 2.44. The van der Waals surface area contributed by atoms with Crippen LogP contribution in [-0.4, -0.2) is 22.1 Å². The Morgan fingerprint density at radius 3 is 2.68 bits per heavy atom. The second-order valence-electron chi connectivity index (χ2n) is 4.54. The van der Waals surface area contributed by atoms with E-state index in [0.29, 0.717) is 10.0 Å². The number of rotatable bonds is 5. The highest BCUT2D eigenvalue weighted by Crippen LogP contribution is 2.39. The first kappa shape index (κ1) is 13.8. The van der Waals surface area contributed by atoms with Crippen molar-refractivity contribution >= 4 is 27.6 Å². The zero-order valence-corrected chi connectivity index (χ0v) is 11.7. The van der Waals surface area contributed by atoms with Gasteiger partial charge in [0.1, 0.15) is 0 Å². The third kappa shape index (κ3) is 3.04. The van der Waals surface area contributed by atoms with Crippen molar-refractivity contribution < 1.29 is 19.6 Å². The molecule has 0 saturated heterocycles. The van der Waals surface area contributed by atoms with Gasteiger partial charge in [-0.2, -0.15) is 0 Å². The molecule has 1 aliphatic carbocycles. The highest BCUT2D eigenvalue weighted by molar-refractivity contribution is 9.10. The molecule has 1 atom stereocenters. The van der Waals surface area contributed by atoms with Crippen molar-refractivity contribution in [2.75, 3.05) is 0 Å². The van der Waals surface area contributed by atoms with Gasteiger partial charge in [-0.1, -0.05) is 15.9 Å². The average Bonchev–Trinajstić information content (AvgIpc) is 3.10. The first-order valence-electron chi connectivity index (χ1n) is 5.74. The van der Waals surface area contributed by atoms with E-state index in [1.165, 1.54) is 6.07 Å². The number of aliphatic carboxylic acids is 1. The maximum Gasteiger partial charge on any atom is 0.345 e. The molecule has 1 saturated carbocycles. The van der Waals surface area contributed by atoms with Gasteiger partial charge in [-0.15, -0.1) is 0 Å². The van der Waals surface area contributed by atoms with Gasteiger partial charge in [0.2, 0.25) is 5.75 Å². The van der Waals surface area contributed by atoms with Crippen molar-refractivity contribution in [2.45, 2.75) is 25.9 Å². The molecular weight excluding hydrogens is 318 g/mol. The van der Waals surface area contributed by atoms with E-state index in [0.717, 1.165) is 12.8 Å². The number of ether oxygens (including phenoxy) is 1. The van der Waals surface area contributed by atoms with Crippen molar-refractivity contribution in [3.8, 4) is 5.75 Å². The number of nitro benzene ring substituents is 1. The van der Waals surface area contributed by atoms with Gasteiger partial charge in [0.25, 0.3) is 0 Å². The Hall–Kier alpha value is -1.63. The summed E-state index contributed by atoms with van der Waals surface area (Å²) in [6.45, 7) is 1.65.